The first-order chi connectivity index (χ1) is 11.0. The molecule has 8 heteroatoms. The molecule has 1 amide bonds. The van der Waals surface area contributed by atoms with Gasteiger partial charge in [0.05, 0.1) is 6.26 Å². The zero-order valence-corrected chi connectivity index (χ0v) is 14.3. The Morgan fingerprint density at radius 2 is 2.09 bits per heavy atom. The summed E-state index contributed by atoms with van der Waals surface area (Å²) >= 11 is 0. The van der Waals surface area contributed by atoms with Crippen LogP contribution in [-0.4, -0.2) is 65.7 Å². The summed E-state index contributed by atoms with van der Waals surface area (Å²) in [5.74, 6) is 0.213. The third-order valence-corrected chi connectivity index (χ3v) is 6.15. The molecule has 1 aromatic heterocycles. The maximum atomic E-state index is 12.9. The van der Waals surface area contributed by atoms with Crippen molar-refractivity contribution in [2.45, 2.75) is 44.1 Å². The van der Waals surface area contributed by atoms with Crippen LogP contribution in [0.5, 0.6) is 0 Å². The Morgan fingerprint density at radius 3 is 2.78 bits per heavy atom. The molecule has 1 aromatic rings. The molecule has 0 bridgehead atoms. The Hall–Kier alpha value is -1.41. The quantitative estimate of drug-likeness (QED) is 0.887. The van der Waals surface area contributed by atoms with Crippen LogP contribution in [0.2, 0.25) is 0 Å². The number of likely N-dealkylation sites (tertiary alicyclic amines) is 1. The molecule has 0 spiro atoms. The number of carbonyl (C=O) groups is 1. The summed E-state index contributed by atoms with van der Waals surface area (Å²) in [7, 11) is -3.35. The number of H-pyrrole nitrogens is 1. The van der Waals surface area contributed by atoms with Gasteiger partial charge < -0.3 is 4.90 Å². The van der Waals surface area contributed by atoms with Gasteiger partial charge in [0.1, 0.15) is 6.04 Å². The summed E-state index contributed by atoms with van der Waals surface area (Å²) in [5.41, 5.74) is 1.05. The van der Waals surface area contributed by atoms with Crippen LogP contribution in [0.25, 0.3) is 0 Å². The molecule has 2 fully saturated rings. The lowest BCUT2D eigenvalue weighted by molar-refractivity contribution is -0.137. The second kappa shape index (κ2) is 6.60. The van der Waals surface area contributed by atoms with Crippen LogP contribution in [0, 0.1) is 0 Å². The third-order valence-electron chi connectivity index (χ3n) is 4.86. The Labute approximate surface area is 137 Å². The van der Waals surface area contributed by atoms with E-state index in [4.69, 9.17) is 0 Å². The van der Waals surface area contributed by atoms with Gasteiger partial charge in [0.15, 0.2) is 0 Å². The maximum Gasteiger partial charge on any atom is 0.241 e. The van der Waals surface area contributed by atoms with E-state index < -0.39 is 16.1 Å². The van der Waals surface area contributed by atoms with Gasteiger partial charge in [0, 0.05) is 37.4 Å². The number of nitrogens with zero attached hydrogens (tertiary/aromatic N) is 3. The van der Waals surface area contributed by atoms with Gasteiger partial charge >= 0.3 is 0 Å². The highest BCUT2D eigenvalue weighted by Gasteiger charge is 2.38. The number of piperidine rings is 2. The van der Waals surface area contributed by atoms with Gasteiger partial charge in [-0.05, 0) is 31.7 Å². The minimum Gasteiger partial charge on any atom is -0.341 e. The van der Waals surface area contributed by atoms with Crippen molar-refractivity contribution in [1.82, 2.24) is 19.4 Å². The van der Waals surface area contributed by atoms with Crippen LogP contribution < -0.4 is 0 Å². The zero-order chi connectivity index (χ0) is 16.4. The second-order valence-electron chi connectivity index (χ2n) is 6.52. The van der Waals surface area contributed by atoms with Crippen LogP contribution in [0.4, 0.5) is 0 Å². The maximum absolute atomic E-state index is 12.9. The topological polar surface area (TPSA) is 86.4 Å². The Morgan fingerprint density at radius 1 is 1.26 bits per heavy atom. The van der Waals surface area contributed by atoms with E-state index in [1.54, 1.807) is 6.20 Å². The van der Waals surface area contributed by atoms with E-state index in [2.05, 4.69) is 10.2 Å². The SMILES string of the molecule is CS(=O)(=O)N1CCCCC1C(=O)N1CCCC(c2ccn[nH]2)C1. The normalized spacial score (nSPS) is 27.1. The molecular weight excluding hydrogens is 316 g/mol. The fourth-order valence-corrected chi connectivity index (χ4v) is 4.80. The summed E-state index contributed by atoms with van der Waals surface area (Å²) in [6.07, 6.45) is 7.23. The highest BCUT2D eigenvalue weighted by molar-refractivity contribution is 7.88. The number of aromatic amines is 1. The van der Waals surface area contributed by atoms with Crippen molar-refractivity contribution in [2.75, 3.05) is 25.9 Å². The van der Waals surface area contributed by atoms with Gasteiger partial charge in [-0.1, -0.05) is 6.42 Å². The molecule has 3 heterocycles. The molecule has 23 heavy (non-hydrogen) atoms. The average molecular weight is 340 g/mol. The van der Waals surface area contributed by atoms with Gasteiger partial charge in [0.25, 0.3) is 0 Å². The van der Waals surface area contributed by atoms with Crippen molar-refractivity contribution in [3.05, 3.63) is 18.0 Å². The lowest BCUT2D eigenvalue weighted by Gasteiger charge is -2.39. The molecule has 2 aliphatic rings. The van der Waals surface area contributed by atoms with E-state index in [0.717, 1.165) is 31.4 Å². The molecule has 0 saturated carbocycles. The molecule has 0 aromatic carbocycles. The Kier molecular flexibility index (Phi) is 4.72. The van der Waals surface area contributed by atoms with Crippen molar-refractivity contribution >= 4 is 15.9 Å². The minimum atomic E-state index is -3.35. The summed E-state index contributed by atoms with van der Waals surface area (Å²) < 4.78 is 25.3. The smallest absolute Gasteiger partial charge is 0.241 e. The molecule has 2 saturated heterocycles. The van der Waals surface area contributed by atoms with E-state index in [0.29, 0.717) is 26.1 Å². The molecule has 0 radical (unpaired) electrons. The number of hydrogen-bond donors (Lipinski definition) is 1. The molecule has 0 aliphatic carbocycles. The fraction of sp³-hybridized carbons (Fsp3) is 0.733. The summed E-state index contributed by atoms with van der Waals surface area (Å²) in [4.78, 5) is 14.8. The van der Waals surface area contributed by atoms with Crippen LogP contribution in [-0.2, 0) is 14.8 Å². The van der Waals surface area contributed by atoms with Gasteiger partial charge in [0.2, 0.25) is 15.9 Å². The molecule has 1 N–H and O–H groups in total. The molecule has 128 valence electrons. The monoisotopic (exact) mass is 340 g/mol. The molecular formula is C15H24N4O3S. The highest BCUT2D eigenvalue weighted by atomic mass is 32.2. The molecule has 3 rings (SSSR count). The molecule has 2 aliphatic heterocycles. The first-order valence-corrected chi connectivity index (χ1v) is 10.1. The summed E-state index contributed by atoms with van der Waals surface area (Å²) in [5, 5.41) is 6.97. The molecule has 2 atom stereocenters. The number of aromatic nitrogens is 2. The van der Waals surface area contributed by atoms with E-state index in [9.17, 15) is 13.2 Å². The standard InChI is InChI=1S/C15H24N4O3S/c1-23(21,22)19-10-3-2-6-14(19)15(20)18-9-4-5-12(11-18)13-7-8-16-17-13/h7-8,12,14H,2-6,9-11H2,1H3,(H,16,17). The van der Waals surface area contributed by atoms with E-state index >= 15 is 0 Å². The Bertz CT molecular complexity index is 644. The predicted molar refractivity (Wildman–Crippen MR) is 86.3 cm³/mol. The molecule has 2 unspecified atom stereocenters. The van der Waals surface area contributed by atoms with Crippen LogP contribution >= 0.6 is 0 Å². The largest absolute Gasteiger partial charge is 0.341 e. The fourth-order valence-electron chi connectivity index (χ4n) is 3.68. The first kappa shape index (κ1) is 16.4. The van der Waals surface area contributed by atoms with Gasteiger partial charge in [-0.3, -0.25) is 9.89 Å². The number of sulfonamides is 1. The van der Waals surface area contributed by atoms with Crippen molar-refractivity contribution in [3.8, 4) is 0 Å². The first-order valence-electron chi connectivity index (χ1n) is 8.21. The van der Waals surface area contributed by atoms with Gasteiger partial charge in [-0.25, -0.2) is 8.42 Å². The van der Waals surface area contributed by atoms with E-state index in [1.807, 2.05) is 11.0 Å². The van der Waals surface area contributed by atoms with Crippen molar-refractivity contribution in [2.24, 2.45) is 0 Å². The summed E-state index contributed by atoms with van der Waals surface area (Å²) in [6, 6.07) is 1.42. The van der Waals surface area contributed by atoms with E-state index in [-0.39, 0.29) is 11.8 Å². The van der Waals surface area contributed by atoms with Crippen LogP contribution in [0.3, 0.4) is 0 Å². The lowest BCUT2D eigenvalue weighted by atomic mass is 9.93. The number of amides is 1. The summed E-state index contributed by atoms with van der Waals surface area (Å²) in [6.45, 7) is 1.79. The lowest BCUT2D eigenvalue weighted by Crippen LogP contribution is -2.54. The van der Waals surface area contributed by atoms with Crippen molar-refractivity contribution < 1.29 is 13.2 Å². The average Bonchev–Trinajstić information content (AvgIpc) is 3.08. The minimum absolute atomic E-state index is 0.0423. The number of nitrogens with one attached hydrogen (secondary N) is 1. The van der Waals surface area contributed by atoms with Crippen LogP contribution in [0.1, 0.15) is 43.7 Å². The Balaban J connectivity index is 1.73. The predicted octanol–water partition coefficient (Wildman–Crippen LogP) is 0.930. The van der Waals surface area contributed by atoms with Gasteiger partial charge in [-0.2, -0.15) is 9.40 Å². The van der Waals surface area contributed by atoms with E-state index in [1.165, 1.54) is 10.6 Å². The van der Waals surface area contributed by atoms with Crippen molar-refractivity contribution in [1.29, 1.82) is 0 Å². The van der Waals surface area contributed by atoms with Gasteiger partial charge in [-0.15, -0.1) is 0 Å². The van der Waals surface area contributed by atoms with Crippen molar-refractivity contribution in [3.63, 3.8) is 0 Å². The molecule has 7 nitrogen and oxygen atoms in total. The highest BCUT2D eigenvalue weighted by Crippen LogP contribution is 2.28. The second-order valence-corrected chi connectivity index (χ2v) is 8.46. The zero-order valence-electron chi connectivity index (χ0n) is 13.4. The van der Waals surface area contributed by atoms with Crippen LogP contribution in [0.15, 0.2) is 12.3 Å². The number of carbonyl (C=O) groups excluding carboxylic acids is 1. The third kappa shape index (κ3) is 3.58. The number of rotatable bonds is 3. The number of hydrogen-bond acceptors (Lipinski definition) is 4.